The first-order chi connectivity index (χ1) is 8.19. The Balaban J connectivity index is 2.05. The average molecular weight is 307 g/mol. The highest BCUT2D eigenvalue weighted by Gasteiger charge is 2.00. The Hall–Kier alpha value is -1.31. The van der Waals surface area contributed by atoms with Crippen LogP contribution < -0.4 is 5.32 Å². The van der Waals surface area contributed by atoms with E-state index in [1.807, 2.05) is 25.1 Å². The van der Waals surface area contributed by atoms with E-state index in [2.05, 4.69) is 38.8 Å². The van der Waals surface area contributed by atoms with E-state index < -0.39 is 0 Å². The number of aryl methyl sites for hydroxylation is 1. The largest absolute Gasteiger partial charge is 0.380 e. The highest BCUT2D eigenvalue weighted by Crippen LogP contribution is 2.21. The highest BCUT2D eigenvalue weighted by atomic mass is 79.9. The van der Waals surface area contributed by atoms with Crippen LogP contribution in [0.15, 0.2) is 34.1 Å². The van der Waals surface area contributed by atoms with Crippen molar-refractivity contribution in [3.05, 3.63) is 50.1 Å². The lowest BCUT2D eigenvalue weighted by Gasteiger charge is -2.06. The SMILES string of the molecule is Cc1cc(NCc2cc(Br)cs2)ccc1C#N. The molecule has 0 fully saturated rings. The summed E-state index contributed by atoms with van der Waals surface area (Å²) in [6, 6.07) is 10.1. The fourth-order valence-electron chi connectivity index (χ4n) is 1.53. The minimum Gasteiger partial charge on any atom is -0.380 e. The van der Waals surface area contributed by atoms with Gasteiger partial charge in [-0.05, 0) is 52.7 Å². The molecule has 0 amide bonds. The molecule has 0 radical (unpaired) electrons. The van der Waals surface area contributed by atoms with Crippen molar-refractivity contribution in [2.45, 2.75) is 13.5 Å². The van der Waals surface area contributed by atoms with Crippen molar-refractivity contribution >= 4 is 33.0 Å². The Morgan fingerprint density at radius 3 is 2.82 bits per heavy atom. The molecule has 1 aromatic carbocycles. The third kappa shape index (κ3) is 3.09. The van der Waals surface area contributed by atoms with Gasteiger partial charge in [-0.2, -0.15) is 5.26 Å². The minimum atomic E-state index is 0.731. The normalized spacial score (nSPS) is 9.94. The number of hydrogen-bond donors (Lipinski definition) is 1. The summed E-state index contributed by atoms with van der Waals surface area (Å²) in [6.45, 7) is 2.76. The standard InChI is InChI=1S/C13H11BrN2S/c1-9-4-12(3-2-10(9)6-15)16-7-13-5-11(14)8-17-13/h2-5,8,16H,7H2,1H3. The van der Waals surface area contributed by atoms with Gasteiger partial charge in [-0.15, -0.1) is 11.3 Å². The lowest BCUT2D eigenvalue weighted by Crippen LogP contribution is -1.98. The smallest absolute Gasteiger partial charge is 0.0994 e. The zero-order chi connectivity index (χ0) is 12.3. The van der Waals surface area contributed by atoms with Gasteiger partial charge in [-0.3, -0.25) is 0 Å². The van der Waals surface area contributed by atoms with Crippen LogP contribution in [0.3, 0.4) is 0 Å². The van der Waals surface area contributed by atoms with Crippen molar-refractivity contribution in [2.75, 3.05) is 5.32 Å². The molecule has 1 aromatic heterocycles. The molecule has 0 aliphatic rings. The molecule has 1 N–H and O–H groups in total. The van der Waals surface area contributed by atoms with Gasteiger partial charge in [0.15, 0.2) is 0 Å². The molecule has 2 nitrogen and oxygen atoms in total. The number of rotatable bonds is 3. The van der Waals surface area contributed by atoms with Crippen LogP contribution in [0.5, 0.6) is 0 Å². The average Bonchev–Trinajstić information content (AvgIpc) is 2.73. The van der Waals surface area contributed by atoms with Crippen LogP contribution in [0.2, 0.25) is 0 Å². The molecule has 0 atom stereocenters. The second-order valence-electron chi connectivity index (χ2n) is 3.73. The molecule has 0 aliphatic carbocycles. The minimum absolute atomic E-state index is 0.731. The molecule has 0 unspecified atom stereocenters. The van der Waals surface area contributed by atoms with Gasteiger partial charge in [0, 0.05) is 27.0 Å². The number of nitrogens with zero attached hydrogens (tertiary/aromatic N) is 1. The van der Waals surface area contributed by atoms with Crippen molar-refractivity contribution in [3.63, 3.8) is 0 Å². The molecule has 0 aliphatic heterocycles. The zero-order valence-electron chi connectivity index (χ0n) is 9.33. The molecule has 1 heterocycles. The fraction of sp³-hybridized carbons (Fsp3) is 0.154. The third-order valence-corrected chi connectivity index (χ3v) is 4.13. The van der Waals surface area contributed by atoms with Gasteiger partial charge in [0.25, 0.3) is 0 Å². The van der Waals surface area contributed by atoms with Gasteiger partial charge in [0.1, 0.15) is 0 Å². The Morgan fingerprint density at radius 1 is 1.41 bits per heavy atom. The second-order valence-corrected chi connectivity index (χ2v) is 5.64. The number of hydrogen-bond acceptors (Lipinski definition) is 3. The number of nitriles is 1. The van der Waals surface area contributed by atoms with Crippen molar-refractivity contribution < 1.29 is 0 Å². The van der Waals surface area contributed by atoms with Gasteiger partial charge < -0.3 is 5.32 Å². The maximum absolute atomic E-state index is 8.85. The Morgan fingerprint density at radius 2 is 2.24 bits per heavy atom. The van der Waals surface area contributed by atoms with E-state index in [9.17, 15) is 0 Å². The quantitative estimate of drug-likeness (QED) is 0.917. The topological polar surface area (TPSA) is 35.8 Å². The van der Waals surface area contributed by atoms with Crippen molar-refractivity contribution in [1.82, 2.24) is 0 Å². The first-order valence-electron chi connectivity index (χ1n) is 5.16. The predicted octanol–water partition coefficient (Wildman–Crippen LogP) is 4.30. The number of anilines is 1. The highest BCUT2D eigenvalue weighted by molar-refractivity contribution is 9.10. The summed E-state index contributed by atoms with van der Waals surface area (Å²) in [5.74, 6) is 0. The van der Waals surface area contributed by atoms with Crippen LogP contribution in [0.4, 0.5) is 5.69 Å². The summed E-state index contributed by atoms with van der Waals surface area (Å²) in [5, 5.41) is 14.3. The predicted molar refractivity (Wildman–Crippen MR) is 75.2 cm³/mol. The molecule has 17 heavy (non-hydrogen) atoms. The summed E-state index contributed by atoms with van der Waals surface area (Å²) in [6.07, 6.45) is 0. The molecular weight excluding hydrogens is 296 g/mol. The summed E-state index contributed by atoms with van der Waals surface area (Å²) >= 11 is 5.15. The van der Waals surface area contributed by atoms with E-state index in [0.29, 0.717) is 0 Å². The van der Waals surface area contributed by atoms with Crippen LogP contribution in [0.25, 0.3) is 0 Å². The van der Waals surface area contributed by atoms with Crippen LogP contribution >= 0.6 is 27.3 Å². The first-order valence-corrected chi connectivity index (χ1v) is 6.84. The molecule has 0 bridgehead atoms. The molecule has 2 rings (SSSR count). The Bertz CT molecular complexity index is 569. The number of nitrogens with one attached hydrogen (secondary N) is 1. The van der Waals surface area contributed by atoms with E-state index in [1.54, 1.807) is 11.3 Å². The summed E-state index contributed by atoms with van der Waals surface area (Å²) in [5.41, 5.74) is 2.78. The van der Waals surface area contributed by atoms with Gasteiger partial charge in [-0.25, -0.2) is 0 Å². The maximum Gasteiger partial charge on any atom is 0.0994 e. The number of thiophene rings is 1. The van der Waals surface area contributed by atoms with Gasteiger partial charge in [0.05, 0.1) is 11.6 Å². The second kappa shape index (κ2) is 5.35. The van der Waals surface area contributed by atoms with E-state index in [1.165, 1.54) is 4.88 Å². The molecule has 4 heteroatoms. The zero-order valence-corrected chi connectivity index (χ0v) is 11.7. The van der Waals surface area contributed by atoms with E-state index >= 15 is 0 Å². The lowest BCUT2D eigenvalue weighted by atomic mass is 10.1. The van der Waals surface area contributed by atoms with E-state index in [4.69, 9.17) is 5.26 Å². The van der Waals surface area contributed by atoms with Crippen LogP contribution in [-0.4, -0.2) is 0 Å². The first kappa shape index (κ1) is 12.2. The van der Waals surface area contributed by atoms with Gasteiger partial charge >= 0.3 is 0 Å². The summed E-state index contributed by atoms with van der Waals surface area (Å²) < 4.78 is 1.12. The van der Waals surface area contributed by atoms with Crippen molar-refractivity contribution in [2.24, 2.45) is 0 Å². The van der Waals surface area contributed by atoms with E-state index in [0.717, 1.165) is 27.8 Å². The van der Waals surface area contributed by atoms with E-state index in [-0.39, 0.29) is 0 Å². The number of benzene rings is 1. The number of halogens is 1. The van der Waals surface area contributed by atoms with Crippen LogP contribution in [-0.2, 0) is 6.54 Å². The third-order valence-electron chi connectivity index (χ3n) is 2.44. The summed E-state index contributed by atoms with van der Waals surface area (Å²) in [4.78, 5) is 1.28. The van der Waals surface area contributed by atoms with Gasteiger partial charge in [-0.1, -0.05) is 0 Å². The maximum atomic E-state index is 8.85. The molecule has 86 valence electrons. The Labute approximate surface area is 113 Å². The van der Waals surface area contributed by atoms with Crippen LogP contribution in [0.1, 0.15) is 16.0 Å². The molecule has 0 saturated carbocycles. The molecule has 2 aromatic rings. The molecule has 0 spiro atoms. The van der Waals surface area contributed by atoms with Gasteiger partial charge in [0.2, 0.25) is 0 Å². The summed E-state index contributed by atoms with van der Waals surface area (Å²) in [7, 11) is 0. The van der Waals surface area contributed by atoms with Crippen molar-refractivity contribution in [1.29, 1.82) is 5.26 Å². The van der Waals surface area contributed by atoms with Crippen LogP contribution in [0, 0.1) is 18.3 Å². The monoisotopic (exact) mass is 306 g/mol. The van der Waals surface area contributed by atoms with Crippen molar-refractivity contribution in [3.8, 4) is 6.07 Å². The lowest BCUT2D eigenvalue weighted by molar-refractivity contribution is 1.19. The fourth-order valence-corrected chi connectivity index (χ4v) is 2.93. The Kier molecular flexibility index (Phi) is 3.82. The molecule has 0 saturated heterocycles. The molecular formula is C13H11BrN2S.